The zero-order valence-corrected chi connectivity index (χ0v) is 16.9. The number of likely N-dealkylation sites (tertiary alicyclic amines) is 1. The van der Waals surface area contributed by atoms with Crippen molar-refractivity contribution in [1.29, 1.82) is 0 Å². The molecule has 4 rings (SSSR count). The first-order valence-electron chi connectivity index (χ1n) is 10.5. The minimum atomic E-state index is -0.321. The van der Waals surface area contributed by atoms with Crippen molar-refractivity contribution < 1.29 is 9.90 Å². The number of aromatic hydroxyl groups is 1. The maximum absolute atomic E-state index is 12.5. The molecule has 0 radical (unpaired) electrons. The van der Waals surface area contributed by atoms with Crippen LogP contribution in [0.3, 0.4) is 0 Å². The van der Waals surface area contributed by atoms with E-state index in [2.05, 4.69) is 39.5 Å². The number of hydrogen-bond donors (Lipinski definition) is 3. The van der Waals surface area contributed by atoms with E-state index in [1.165, 1.54) is 17.7 Å². The summed E-state index contributed by atoms with van der Waals surface area (Å²) >= 11 is 0. The number of aromatic amines is 1. The summed E-state index contributed by atoms with van der Waals surface area (Å²) in [5, 5.41) is 13.2. The second-order valence-electron chi connectivity index (χ2n) is 8.00. The van der Waals surface area contributed by atoms with E-state index >= 15 is 0 Å². The summed E-state index contributed by atoms with van der Waals surface area (Å²) in [6.07, 6.45) is 3.18. The molecular formula is C24H27N3O3. The molecule has 0 aliphatic carbocycles. The number of rotatable bonds is 6. The highest BCUT2D eigenvalue weighted by atomic mass is 16.3. The Morgan fingerprint density at radius 3 is 2.63 bits per heavy atom. The number of benzene rings is 2. The lowest BCUT2D eigenvalue weighted by Gasteiger charge is -2.32. The Balaban J connectivity index is 1.26. The maximum atomic E-state index is 12.5. The summed E-state index contributed by atoms with van der Waals surface area (Å²) in [5.41, 5.74) is 1.53. The summed E-state index contributed by atoms with van der Waals surface area (Å²) < 4.78 is 0. The first-order chi connectivity index (χ1) is 14.6. The van der Waals surface area contributed by atoms with Gasteiger partial charge in [0.05, 0.1) is 5.52 Å². The molecule has 1 fully saturated rings. The molecule has 1 amide bonds. The number of fused-ring (bicyclic) bond motifs is 1. The predicted molar refractivity (Wildman–Crippen MR) is 118 cm³/mol. The maximum Gasteiger partial charge on any atom is 0.267 e. The topological polar surface area (TPSA) is 85.4 Å². The summed E-state index contributed by atoms with van der Waals surface area (Å²) in [4.78, 5) is 30.1. The second kappa shape index (κ2) is 9.13. The van der Waals surface area contributed by atoms with E-state index in [1.807, 2.05) is 6.07 Å². The van der Waals surface area contributed by atoms with E-state index in [4.69, 9.17) is 0 Å². The SMILES string of the molecule is O=C(NCCC1CCN(Cc2ccccc2)CC1)c1cc(=O)c2cccc(O)c2[nH]1. The molecule has 3 N–H and O–H groups in total. The number of carbonyl (C=O) groups is 1. The number of phenols is 1. The van der Waals surface area contributed by atoms with E-state index < -0.39 is 0 Å². The number of H-pyrrole nitrogens is 1. The minimum absolute atomic E-state index is 0.0403. The van der Waals surface area contributed by atoms with Crippen molar-refractivity contribution >= 4 is 16.8 Å². The Kier molecular flexibility index (Phi) is 6.14. The number of nitrogens with zero attached hydrogens (tertiary/aromatic N) is 1. The molecule has 1 aromatic heterocycles. The predicted octanol–water partition coefficient (Wildman–Crippen LogP) is 3.27. The summed E-state index contributed by atoms with van der Waals surface area (Å²) in [6.45, 7) is 3.71. The third-order valence-corrected chi connectivity index (χ3v) is 5.88. The number of hydrogen-bond acceptors (Lipinski definition) is 4. The van der Waals surface area contributed by atoms with Gasteiger partial charge in [0.15, 0.2) is 5.43 Å². The lowest BCUT2D eigenvalue weighted by Crippen LogP contribution is -2.35. The van der Waals surface area contributed by atoms with Crippen LogP contribution in [0.4, 0.5) is 0 Å². The van der Waals surface area contributed by atoms with Crippen molar-refractivity contribution in [3.8, 4) is 5.75 Å². The van der Waals surface area contributed by atoms with Crippen molar-refractivity contribution in [2.24, 2.45) is 5.92 Å². The Bertz CT molecular complexity index is 1070. The Morgan fingerprint density at radius 2 is 1.87 bits per heavy atom. The van der Waals surface area contributed by atoms with E-state index in [9.17, 15) is 14.7 Å². The van der Waals surface area contributed by atoms with Crippen molar-refractivity contribution in [3.05, 3.63) is 76.1 Å². The molecule has 30 heavy (non-hydrogen) atoms. The molecule has 0 bridgehead atoms. The van der Waals surface area contributed by atoms with Gasteiger partial charge in [-0.25, -0.2) is 0 Å². The van der Waals surface area contributed by atoms with Crippen molar-refractivity contribution in [3.63, 3.8) is 0 Å². The molecule has 6 heteroatoms. The number of pyridine rings is 1. The van der Waals surface area contributed by atoms with Gasteiger partial charge < -0.3 is 15.4 Å². The molecule has 3 aromatic rings. The lowest BCUT2D eigenvalue weighted by atomic mass is 9.93. The first-order valence-corrected chi connectivity index (χ1v) is 10.5. The molecule has 2 aromatic carbocycles. The smallest absolute Gasteiger partial charge is 0.267 e. The first kappa shape index (κ1) is 20.2. The molecular weight excluding hydrogens is 378 g/mol. The van der Waals surface area contributed by atoms with Crippen LogP contribution in [-0.4, -0.2) is 40.5 Å². The molecule has 6 nitrogen and oxygen atoms in total. The third kappa shape index (κ3) is 4.71. The average molecular weight is 405 g/mol. The Morgan fingerprint density at radius 1 is 1.10 bits per heavy atom. The lowest BCUT2D eigenvalue weighted by molar-refractivity contribution is 0.0943. The number of amides is 1. The Labute approximate surface area is 175 Å². The molecule has 156 valence electrons. The van der Waals surface area contributed by atoms with Crippen LogP contribution >= 0.6 is 0 Å². The largest absolute Gasteiger partial charge is 0.506 e. The number of nitrogens with one attached hydrogen (secondary N) is 2. The quantitative estimate of drug-likeness (QED) is 0.588. The normalized spacial score (nSPS) is 15.3. The zero-order chi connectivity index (χ0) is 20.9. The van der Waals surface area contributed by atoms with Gasteiger partial charge in [-0.2, -0.15) is 0 Å². The molecule has 0 unspecified atom stereocenters. The fourth-order valence-electron chi connectivity index (χ4n) is 4.14. The van der Waals surface area contributed by atoms with Gasteiger partial charge in [-0.3, -0.25) is 14.5 Å². The summed E-state index contributed by atoms with van der Waals surface area (Å²) in [7, 11) is 0. The highest BCUT2D eigenvalue weighted by molar-refractivity contribution is 5.95. The monoisotopic (exact) mass is 405 g/mol. The third-order valence-electron chi connectivity index (χ3n) is 5.88. The molecule has 0 saturated carbocycles. The molecule has 1 saturated heterocycles. The van der Waals surface area contributed by atoms with Crippen LogP contribution in [0.5, 0.6) is 5.75 Å². The van der Waals surface area contributed by atoms with Crippen LogP contribution in [0.2, 0.25) is 0 Å². The number of phenolic OH excluding ortho intramolecular Hbond substituents is 1. The molecule has 2 heterocycles. The van der Waals surface area contributed by atoms with Gasteiger partial charge >= 0.3 is 0 Å². The molecule has 0 spiro atoms. The fraction of sp³-hybridized carbons (Fsp3) is 0.333. The van der Waals surface area contributed by atoms with Crippen LogP contribution in [0.1, 0.15) is 35.3 Å². The van der Waals surface area contributed by atoms with Gasteiger partial charge in [0.1, 0.15) is 11.4 Å². The number of piperidine rings is 1. The molecule has 1 aliphatic rings. The molecule has 0 atom stereocenters. The van der Waals surface area contributed by atoms with Gasteiger partial charge in [0.2, 0.25) is 0 Å². The van der Waals surface area contributed by atoms with Crippen LogP contribution in [-0.2, 0) is 6.54 Å². The zero-order valence-electron chi connectivity index (χ0n) is 16.9. The number of carbonyl (C=O) groups excluding carboxylic acids is 1. The van der Waals surface area contributed by atoms with E-state index in [0.717, 1.165) is 38.9 Å². The number of para-hydroxylation sites is 1. The van der Waals surface area contributed by atoms with Gasteiger partial charge in [0, 0.05) is 24.5 Å². The van der Waals surface area contributed by atoms with E-state index in [0.29, 0.717) is 23.4 Å². The van der Waals surface area contributed by atoms with Crippen molar-refractivity contribution in [2.45, 2.75) is 25.8 Å². The second-order valence-corrected chi connectivity index (χ2v) is 8.00. The highest BCUT2D eigenvalue weighted by Crippen LogP contribution is 2.22. The van der Waals surface area contributed by atoms with Crippen LogP contribution in [0, 0.1) is 5.92 Å². The van der Waals surface area contributed by atoms with Crippen LogP contribution in [0.25, 0.3) is 10.9 Å². The van der Waals surface area contributed by atoms with E-state index in [1.54, 1.807) is 12.1 Å². The van der Waals surface area contributed by atoms with Gasteiger partial charge in [-0.05, 0) is 56.0 Å². The summed E-state index contributed by atoms with van der Waals surface area (Å²) in [5.74, 6) is 0.234. The van der Waals surface area contributed by atoms with Gasteiger partial charge in [-0.15, -0.1) is 0 Å². The minimum Gasteiger partial charge on any atom is -0.506 e. The van der Waals surface area contributed by atoms with Crippen LogP contribution in [0.15, 0.2) is 59.4 Å². The standard InChI is InChI=1S/C24H27N3O3/c28-21-8-4-7-19-22(29)15-20(26-23(19)21)24(30)25-12-9-17-10-13-27(14-11-17)16-18-5-2-1-3-6-18/h1-8,15,17,28H,9-14,16H2,(H,25,30)(H,26,29). The molecule has 1 aliphatic heterocycles. The average Bonchev–Trinajstić information content (AvgIpc) is 2.76. The summed E-state index contributed by atoms with van der Waals surface area (Å²) in [6, 6.07) is 16.5. The van der Waals surface area contributed by atoms with Crippen molar-refractivity contribution in [1.82, 2.24) is 15.2 Å². The number of aromatic nitrogens is 1. The Hall–Kier alpha value is -3.12. The van der Waals surface area contributed by atoms with Gasteiger partial charge in [-0.1, -0.05) is 36.4 Å². The van der Waals surface area contributed by atoms with Crippen LogP contribution < -0.4 is 10.7 Å². The van der Waals surface area contributed by atoms with E-state index in [-0.39, 0.29) is 22.8 Å². The highest BCUT2D eigenvalue weighted by Gasteiger charge is 2.19. The van der Waals surface area contributed by atoms with Crippen molar-refractivity contribution in [2.75, 3.05) is 19.6 Å². The van der Waals surface area contributed by atoms with Gasteiger partial charge in [0.25, 0.3) is 5.91 Å². The fourth-order valence-corrected chi connectivity index (χ4v) is 4.14.